The number of hydrogen-bond donors (Lipinski definition) is 18. The van der Waals surface area contributed by atoms with Crippen molar-refractivity contribution in [3.05, 3.63) is 0 Å². The van der Waals surface area contributed by atoms with Crippen LogP contribution in [-0.2, 0) is 100 Å². The average molecular weight is 1720 g/mol. The Labute approximate surface area is 705 Å². The van der Waals surface area contributed by atoms with E-state index in [0.717, 1.165) is 64.3 Å². The summed E-state index contributed by atoms with van der Waals surface area (Å²) < 4.78 is 57.8. The molecule has 16 atom stereocenters. The molecule has 18 N–H and O–H groups in total. The predicted molar refractivity (Wildman–Crippen MR) is 431 cm³/mol. The number of hydrogen-bond acceptors (Lipinski definition) is 29. The Morgan fingerprint density at radius 3 is 1.07 bits per heavy atom. The van der Waals surface area contributed by atoms with E-state index in [1.165, 1.54) is 20.8 Å². The third kappa shape index (κ3) is 42.7. The van der Waals surface area contributed by atoms with E-state index in [1.54, 1.807) is 7.11 Å². The number of carbonyl (C=O) groups is 11. The van der Waals surface area contributed by atoms with Crippen LogP contribution in [0.4, 0.5) is 0 Å². The molecule has 0 aromatic carbocycles. The van der Waals surface area contributed by atoms with Gasteiger partial charge in [-0.1, -0.05) is 38.5 Å². The van der Waals surface area contributed by atoms with Crippen LogP contribution in [0.2, 0.25) is 5.82 Å². The third-order valence-corrected chi connectivity index (χ3v) is 20.6. The second kappa shape index (κ2) is 61.8. The minimum atomic E-state index is -1.46. The SMILES string of the molecule is [B]C1C(O)C(CO)OC(OCCCCC(=O)NCCCNC(=O)CCOCC(COCCC(=O)NCCCNC(=O)CCCCOC2OC(CO)C(O)C(O)C2NC(C)=O)(COCCC(=O)NCCCNC(=O)CCCCOC2OC(CO)C(O)C(O)C2NC(C)=O)NC(=O)CCCCCCCCCCC(=O)N2CCC[C@H]2COC)C1NC(C)=O. The average Bonchev–Trinajstić information content (AvgIpc) is 0.911. The summed E-state index contributed by atoms with van der Waals surface area (Å²) in [5.74, 6) is -4.34. The van der Waals surface area contributed by atoms with Gasteiger partial charge in [0.05, 0.1) is 92.1 Å². The van der Waals surface area contributed by atoms with Crippen LogP contribution in [0.1, 0.15) is 194 Å². The Hall–Kier alpha value is -6.49. The molecular weight excluding hydrogens is 1580 g/mol. The lowest BCUT2D eigenvalue weighted by atomic mass is 9.72. The summed E-state index contributed by atoms with van der Waals surface area (Å²) >= 11 is 0. The van der Waals surface area contributed by atoms with Crippen LogP contribution >= 0.6 is 0 Å². The largest absolute Gasteiger partial charge is 0.394 e. The van der Waals surface area contributed by atoms with Crippen molar-refractivity contribution in [1.29, 1.82) is 0 Å². The zero-order valence-electron chi connectivity index (χ0n) is 70.6. The van der Waals surface area contributed by atoms with Gasteiger partial charge in [0.2, 0.25) is 65.0 Å². The van der Waals surface area contributed by atoms with Gasteiger partial charge < -0.3 is 146 Å². The number of unbranched alkanes of at least 4 members (excludes halogenated alkanes) is 10. The molecule has 41 heteroatoms. The monoisotopic (exact) mass is 1720 g/mol. The van der Waals surface area contributed by atoms with Gasteiger partial charge in [0.15, 0.2) is 18.9 Å². The van der Waals surface area contributed by atoms with E-state index in [1.807, 2.05) is 4.90 Å². The Morgan fingerprint density at radius 1 is 0.392 bits per heavy atom. The minimum absolute atomic E-state index is 0.0794. The molecule has 0 spiro atoms. The van der Waals surface area contributed by atoms with Crippen molar-refractivity contribution in [2.24, 2.45) is 0 Å². The van der Waals surface area contributed by atoms with Crippen LogP contribution in [0, 0.1) is 0 Å². The van der Waals surface area contributed by atoms with Gasteiger partial charge in [0.25, 0.3) is 0 Å². The number of methoxy groups -OCH3 is 1. The molecule has 0 aromatic heterocycles. The summed E-state index contributed by atoms with van der Waals surface area (Å²) in [7, 11) is 7.78. The molecule has 0 bridgehead atoms. The van der Waals surface area contributed by atoms with Crippen LogP contribution in [0.5, 0.6) is 0 Å². The maximum absolute atomic E-state index is 14.0. The first kappa shape index (κ1) is 106. The summed E-state index contributed by atoms with van der Waals surface area (Å²) in [6, 6.07) is -2.92. The summed E-state index contributed by atoms with van der Waals surface area (Å²) in [6.07, 6.45) is -0.462. The molecule has 4 aliphatic rings. The molecule has 688 valence electrons. The van der Waals surface area contributed by atoms with Crippen molar-refractivity contribution in [2.75, 3.05) is 139 Å². The van der Waals surface area contributed by atoms with Crippen molar-refractivity contribution in [3.63, 3.8) is 0 Å². The molecule has 0 aliphatic carbocycles. The van der Waals surface area contributed by atoms with Gasteiger partial charge in [0.1, 0.15) is 60.4 Å². The molecule has 4 rings (SSSR count). The first-order valence-electron chi connectivity index (χ1n) is 42.7. The van der Waals surface area contributed by atoms with Crippen molar-refractivity contribution in [1.82, 2.24) is 58.1 Å². The van der Waals surface area contributed by atoms with E-state index in [9.17, 15) is 93.6 Å². The van der Waals surface area contributed by atoms with E-state index in [2.05, 4.69) is 53.2 Å². The highest BCUT2D eigenvalue weighted by Gasteiger charge is 2.48. The fourth-order valence-corrected chi connectivity index (χ4v) is 14.0. The highest BCUT2D eigenvalue weighted by molar-refractivity contribution is 6.13. The van der Waals surface area contributed by atoms with Gasteiger partial charge in [0, 0.05) is 145 Å². The molecule has 15 unspecified atom stereocenters. The summed E-state index contributed by atoms with van der Waals surface area (Å²) in [5, 5.41) is 108. The highest BCUT2D eigenvalue weighted by atomic mass is 16.7. The molecule has 40 nitrogen and oxygen atoms in total. The molecule has 4 heterocycles. The summed E-state index contributed by atoms with van der Waals surface area (Å²) in [5.41, 5.74) is -1.41. The lowest BCUT2D eigenvalue weighted by molar-refractivity contribution is -0.270. The lowest BCUT2D eigenvalue weighted by Crippen LogP contribution is -2.64. The molecule has 11 amide bonds. The minimum Gasteiger partial charge on any atom is -0.394 e. The first-order valence-corrected chi connectivity index (χ1v) is 42.7. The molecule has 4 aliphatic heterocycles. The molecule has 4 fully saturated rings. The van der Waals surface area contributed by atoms with Crippen LogP contribution < -0.4 is 53.2 Å². The van der Waals surface area contributed by atoms with E-state index in [-0.39, 0.29) is 197 Å². The standard InChI is InChI=1S/C79H140BN11O29/c1-52(95)87-68-67(80)71(106)56(45-92)118-76(68)115-39-16-13-24-59(98)81-32-20-35-84-62(101)29-42-112-49-79(90-65(104)27-11-9-7-5-6-8-10-12-28-66(105)91-38-19-23-55(91)48-111-4,50-113-43-30-63(102)85-36-21-33-82-60(99)25-14-17-40-116-77-69(88-53(2)96)74(109)72(107)57(46-93)119-77)51-114-44-31-64(103)86-37-22-34-83-61(100)26-15-18-41-117-78-70(89-54(3)97)75(110)73(108)58(47-94)120-78/h55-58,67-78,92-94,106-110H,5-51H2,1-4H3,(H,81,98)(H,82,99)(H,83,100)(H,84,101)(H,85,102)(H,86,103)(H,87,95)(H,88,96)(H,89,97)(H,90,104)/t55-,56?,57?,58?,67?,68?,69?,70?,71?,72?,73?,74?,75?,76?,77?,78?,79?/m0/s1. The fraction of sp³-hybridized carbons (Fsp3) is 0.861. The molecule has 4 saturated heterocycles. The van der Waals surface area contributed by atoms with Gasteiger partial charge in [-0.25, -0.2) is 0 Å². The van der Waals surface area contributed by atoms with Crippen LogP contribution in [-0.4, -0.2) is 355 Å². The van der Waals surface area contributed by atoms with Crippen molar-refractivity contribution in [2.45, 2.75) is 297 Å². The number of likely N-dealkylation sites (tertiary alicyclic amines) is 1. The normalized spacial score (nSPS) is 24.6. The number of amides is 11. The van der Waals surface area contributed by atoms with Crippen LogP contribution in [0.25, 0.3) is 0 Å². The third-order valence-electron chi connectivity index (χ3n) is 20.6. The van der Waals surface area contributed by atoms with Crippen molar-refractivity contribution >= 4 is 72.8 Å². The summed E-state index contributed by atoms with van der Waals surface area (Å²) in [6.45, 7) is 4.01. The molecule has 120 heavy (non-hydrogen) atoms. The predicted octanol–water partition coefficient (Wildman–Crippen LogP) is -3.54. The molecule has 0 saturated carbocycles. The van der Waals surface area contributed by atoms with Crippen LogP contribution in [0.3, 0.4) is 0 Å². The topological polar surface area (TPSA) is 565 Å². The van der Waals surface area contributed by atoms with Crippen molar-refractivity contribution < 1.29 is 141 Å². The Kier molecular flexibility index (Phi) is 54.5. The number of nitrogens with one attached hydrogen (secondary N) is 10. The highest BCUT2D eigenvalue weighted by Crippen LogP contribution is 2.30. The van der Waals surface area contributed by atoms with Crippen molar-refractivity contribution in [3.8, 4) is 0 Å². The van der Waals surface area contributed by atoms with Gasteiger partial charge in [-0.15, -0.1) is 0 Å². The number of aliphatic hydroxyl groups excluding tert-OH is 8. The van der Waals surface area contributed by atoms with Gasteiger partial charge >= 0.3 is 0 Å². The summed E-state index contributed by atoms with van der Waals surface area (Å²) in [4.78, 5) is 142. The first-order chi connectivity index (χ1) is 57.7. The van der Waals surface area contributed by atoms with E-state index in [4.69, 9.17) is 55.2 Å². The maximum Gasteiger partial charge on any atom is 0.222 e. The van der Waals surface area contributed by atoms with Gasteiger partial charge in [-0.3, -0.25) is 52.7 Å². The number of rotatable bonds is 65. The fourth-order valence-electron chi connectivity index (χ4n) is 14.0. The molecule has 0 aromatic rings. The molecular formula is C79H140BN11O29. The smallest absolute Gasteiger partial charge is 0.222 e. The Bertz CT molecular complexity index is 2740. The quantitative estimate of drug-likeness (QED) is 0.0207. The van der Waals surface area contributed by atoms with Gasteiger partial charge in [-0.05, 0) is 89.3 Å². The number of aliphatic hydroxyl groups is 8. The number of nitrogens with zero attached hydrogens (tertiary/aromatic N) is 1. The van der Waals surface area contributed by atoms with E-state index < -0.39 is 135 Å². The van der Waals surface area contributed by atoms with Crippen LogP contribution in [0.15, 0.2) is 0 Å². The zero-order valence-corrected chi connectivity index (χ0v) is 70.6. The van der Waals surface area contributed by atoms with E-state index >= 15 is 0 Å². The Morgan fingerprint density at radius 2 is 0.708 bits per heavy atom. The van der Waals surface area contributed by atoms with Gasteiger partial charge in [-0.2, -0.15) is 0 Å². The van der Waals surface area contributed by atoms with E-state index in [0.29, 0.717) is 77.2 Å². The number of ether oxygens (including phenoxy) is 10. The lowest BCUT2D eigenvalue weighted by Gasteiger charge is -2.43. The maximum atomic E-state index is 14.0. The zero-order chi connectivity index (χ0) is 88.0. The Balaban J connectivity index is 1.29. The molecule has 2 radical (unpaired) electrons. The second-order valence-electron chi connectivity index (χ2n) is 30.9. The second-order valence-corrected chi connectivity index (χ2v) is 30.9. The number of carbonyl (C=O) groups excluding carboxylic acids is 11.